The number of nitrogens with zero attached hydrogens (tertiary/aromatic N) is 1. The number of hydrogen-bond donors (Lipinski definition) is 1. The van der Waals surface area contributed by atoms with Gasteiger partial charge in [0.2, 0.25) is 15.9 Å². The predicted octanol–water partition coefficient (Wildman–Crippen LogP) is 3.75. The lowest BCUT2D eigenvalue weighted by atomic mass is 10.1. The molecule has 0 aliphatic rings. The number of furan rings is 1. The van der Waals surface area contributed by atoms with Gasteiger partial charge in [-0.3, -0.25) is 4.79 Å². The maximum absolute atomic E-state index is 13.3. The lowest BCUT2D eigenvalue weighted by molar-refractivity contribution is -0.122. The van der Waals surface area contributed by atoms with Crippen LogP contribution in [0.25, 0.3) is 0 Å². The maximum atomic E-state index is 13.3. The van der Waals surface area contributed by atoms with Gasteiger partial charge in [-0.1, -0.05) is 30.3 Å². The van der Waals surface area contributed by atoms with E-state index in [-0.39, 0.29) is 24.0 Å². The van der Waals surface area contributed by atoms with Gasteiger partial charge in [0.25, 0.3) is 0 Å². The van der Waals surface area contributed by atoms with Crippen molar-refractivity contribution in [3.63, 3.8) is 0 Å². The van der Waals surface area contributed by atoms with Gasteiger partial charge < -0.3 is 14.5 Å². The van der Waals surface area contributed by atoms with Crippen LogP contribution in [0.15, 0.2) is 82.3 Å². The van der Waals surface area contributed by atoms with Gasteiger partial charge in [-0.05, 0) is 55.8 Å². The SMILES string of the molecule is CCOc1ccc(S(=O)(=O)N(CC(=O)NC(C)c2ccccc2)Cc2ccco2)cc1. The molecule has 1 unspecified atom stereocenters. The zero-order chi connectivity index (χ0) is 22.3. The van der Waals surface area contributed by atoms with Gasteiger partial charge in [0.15, 0.2) is 0 Å². The van der Waals surface area contributed by atoms with Gasteiger partial charge >= 0.3 is 0 Å². The van der Waals surface area contributed by atoms with Gasteiger partial charge in [-0.15, -0.1) is 0 Å². The second-order valence-electron chi connectivity index (χ2n) is 6.96. The Morgan fingerprint density at radius 2 is 1.77 bits per heavy atom. The summed E-state index contributed by atoms with van der Waals surface area (Å²) in [5.41, 5.74) is 0.933. The second kappa shape index (κ2) is 10.3. The molecule has 2 aromatic carbocycles. The summed E-state index contributed by atoms with van der Waals surface area (Å²) in [6, 6.07) is 18.7. The molecule has 1 atom stereocenters. The van der Waals surface area contributed by atoms with Crippen LogP contribution in [0.1, 0.15) is 31.2 Å². The van der Waals surface area contributed by atoms with Crippen LogP contribution < -0.4 is 10.1 Å². The van der Waals surface area contributed by atoms with E-state index in [1.807, 2.05) is 44.2 Å². The monoisotopic (exact) mass is 442 g/mol. The Bertz CT molecular complexity index is 1060. The Hall–Kier alpha value is -3.10. The van der Waals surface area contributed by atoms with Crippen molar-refractivity contribution >= 4 is 15.9 Å². The molecule has 1 N–H and O–H groups in total. The minimum atomic E-state index is -3.95. The Morgan fingerprint density at radius 1 is 1.06 bits per heavy atom. The van der Waals surface area contributed by atoms with Crippen LogP contribution in [0.5, 0.6) is 5.75 Å². The average molecular weight is 443 g/mol. The van der Waals surface area contributed by atoms with Crippen molar-refractivity contribution < 1.29 is 22.4 Å². The highest BCUT2D eigenvalue weighted by atomic mass is 32.2. The standard InChI is InChI=1S/C23H26N2O5S/c1-3-29-20-11-13-22(14-12-20)31(27,28)25(16-21-10-7-15-30-21)17-23(26)24-18(2)19-8-5-4-6-9-19/h4-15,18H,3,16-17H2,1-2H3,(H,24,26). The van der Waals surface area contributed by atoms with Crippen molar-refractivity contribution in [2.24, 2.45) is 0 Å². The molecule has 1 amide bonds. The first kappa shape index (κ1) is 22.6. The summed E-state index contributed by atoms with van der Waals surface area (Å²) in [7, 11) is -3.95. The number of carbonyl (C=O) groups excluding carboxylic acids is 1. The summed E-state index contributed by atoms with van der Waals surface area (Å²) in [6.07, 6.45) is 1.47. The molecule has 8 heteroatoms. The van der Waals surface area contributed by atoms with Crippen LogP contribution in [0, 0.1) is 0 Å². The zero-order valence-corrected chi connectivity index (χ0v) is 18.3. The average Bonchev–Trinajstić information content (AvgIpc) is 3.28. The molecule has 7 nitrogen and oxygen atoms in total. The largest absolute Gasteiger partial charge is 0.494 e. The Morgan fingerprint density at radius 3 is 2.39 bits per heavy atom. The smallest absolute Gasteiger partial charge is 0.243 e. The molecule has 0 bridgehead atoms. The number of carbonyl (C=O) groups is 1. The fourth-order valence-corrected chi connectivity index (χ4v) is 4.46. The molecule has 0 fully saturated rings. The van der Waals surface area contributed by atoms with E-state index < -0.39 is 15.9 Å². The number of ether oxygens (including phenoxy) is 1. The first-order valence-corrected chi connectivity index (χ1v) is 11.4. The molecule has 3 rings (SSSR count). The normalized spacial score (nSPS) is 12.5. The third kappa shape index (κ3) is 5.96. The van der Waals surface area contributed by atoms with Crippen molar-refractivity contribution in [2.75, 3.05) is 13.2 Å². The number of sulfonamides is 1. The molecular formula is C23H26N2O5S. The van der Waals surface area contributed by atoms with Crippen LogP contribution in [0.3, 0.4) is 0 Å². The third-order valence-electron chi connectivity index (χ3n) is 4.68. The number of rotatable bonds is 10. The quantitative estimate of drug-likeness (QED) is 0.517. The lowest BCUT2D eigenvalue weighted by Gasteiger charge is -2.22. The number of nitrogens with one attached hydrogen (secondary N) is 1. The first-order valence-electron chi connectivity index (χ1n) is 10.00. The highest BCUT2D eigenvalue weighted by molar-refractivity contribution is 7.89. The Kier molecular flexibility index (Phi) is 7.49. The number of amides is 1. The molecule has 164 valence electrons. The highest BCUT2D eigenvalue weighted by Gasteiger charge is 2.28. The van der Waals surface area contributed by atoms with Crippen LogP contribution in [0.2, 0.25) is 0 Å². The van der Waals surface area contributed by atoms with Crippen molar-refractivity contribution in [2.45, 2.75) is 31.3 Å². The lowest BCUT2D eigenvalue weighted by Crippen LogP contribution is -2.41. The summed E-state index contributed by atoms with van der Waals surface area (Å²) >= 11 is 0. The van der Waals surface area contributed by atoms with Crippen molar-refractivity contribution in [3.05, 3.63) is 84.3 Å². The fourth-order valence-electron chi connectivity index (χ4n) is 3.10. The third-order valence-corrected chi connectivity index (χ3v) is 6.49. The Balaban J connectivity index is 1.79. The molecule has 3 aromatic rings. The fraction of sp³-hybridized carbons (Fsp3) is 0.261. The van der Waals surface area contributed by atoms with Crippen LogP contribution >= 0.6 is 0 Å². The maximum Gasteiger partial charge on any atom is 0.243 e. The van der Waals surface area contributed by atoms with E-state index >= 15 is 0 Å². The molecular weight excluding hydrogens is 416 g/mol. The highest BCUT2D eigenvalue weighted by Crippen LogP contribution is 2.22. The summed E-state index contributed by atoms with van der Waals surface area (Å²) in [6.45, 7) is 3.79. The summed E-state index contributed by atoms with van der Waals surface area (Å²) in [5.74, 6) is 0.615. The molecule has 1 aromatic heterocycles. The van der Waals surface area contributed by atoms with Gasteiger partial charge in [0, 0.05) is 0 Å². The van der Waals surface area contributed by atoms with E-state index in [2.05, 4.69) is 5.32 Å². The van der Waals surface area contributed by atoms with Gasteiger partial charge in [-0.2, -0.15) is 4.31 Å². The summed E-state index contributed by atoms with van der Waals surface area (Å²) < 4.78 is 38.4. The van der Waals surface area contributed by atoms with E-state index in [1.165, 1.54) is 18.4 Å². The minimum absolute atomic E-state index is 0.0598. The summed E-state index contributed by atoms with van der Waals surface area (Å²) in [4.78, 5) is 12.8. The first-order chi connectivity index (χ1) is 14.9. The van der Waals surface area contributed by atoms with Crippen LogP contribution in [0.4, 0.5) is 0 Å². The molecule has 0 saturated carbocycles. The van der Waals surface area contributed by atoms with E-state index in [0.29, 0.717) is 18.1 Å². The minimum Gasteiger partial charge on any atom is -0.494 e. The number of benzene rings is 2. The Labute approximate surface area is 182 Å². The molecule has 0 spiro atoms. The second-order valence-corrected chi connectivity index (χ2v) is 8.89. The van der Waals surface area contributed by atoms with E-state index in [9.17, 15) is 13.2 Å². The molecule has 0 aliphatic carbocycles. The van der Waals surface area contributed by atoms with Crippen molar-refractivity contribution in [1.82, 2.24) is 9.62 Å². The zero-order valence-electron chi connectivity index (χ0n) is 17.5. The summed E-state index contributed by atoms with van der Waals surface area (Å²) in [5, 5.41) is 2.86. The van der Waals surface area contributed by atoms with E-state index in [4.69, 9.17) is 9.15 Å². The van der Waals surface area contributed by atoms with Crippen LogP contribution in [-0.4, -0.2) is 31.8 Å². The molecule has 0 aliphatic heterocycles. The predicted molar refractivity (Wildman–Crippen MR) is 117 cm³/mol. The van der Waals surface area contributed by atoms with Crippen molar-refractivity contribution in [1.29, 1.82) is 0 Å². The molecule has 0 saturated heterocycles. The molecule has 0 radical (unpaired) electrons. The molecule has 31 heavy (non-hydrogen) atoms. The van der Waals surface area contributed by atoms with E-state index in [1.54, 1.807) is 24.3 Å². The van der Waals surface area contributed by atoms with Gasteiger partial charge in [-0.25, -0.2) is 8.42 Å². The van der Waals surface area contributed by atoms with Crippen molar-refractivity contribution in [3.8, 4) is 5.75 Å². The van der Waals surface area contributed by atoms with E-state index in [0.717, 1.165) is 9.87 Å². The molecule has 1 heterocycles. The van der Waals surface area contributed by atoms with Crippen LogP contribution in [-0.2, 0) is 21.4 Å². The number of hydrogen-bond acceptors (Lipinski definition) is 5. The van der Waals surface area contributed by atoms with Gasteiger partial charge in [0.05, 0.1) is 36.9 Å². The van der Waals surface area contributed by atoms with Gasteiger partial charge in [0.1, 0.15) is 11.5 Å². The topological polar surface area (TPSA) is 88.9 Å².